The Morgan fingerprint density at radius 1 is 1.45 bits per heavy atom. The van der Waals surface area contributed by atoms with Crippen molar-refractivity contribution in [2.24, 2.45) is 0 Å². The van der Waals surface area contributed by atoms with Crippen LogP contribution < -0.4 is 5.73 Å². The van der Waals surface area contributed by atoms with E-state index in [-0.39, 0.29) is 0 Å². The smallest absolute Gasteiger partial charge is 0.0666 e. The molecule has 1 heterocycles. The highest BCUT2D eigenvalue weighted by molar-refractivity contribution is 5.46. The Kier molecular flexibility index (Phi) is 1.34. The van der Waals surface area contributed by atoms with Crippen LogP contribution in [0.1, 0.15) is 30.1 Å². The van der Waals surface area contributed by atoms with Crippen molar-refractivity contribution in [3.8, 4) is 0 Å². The molecular formula is C9H12N2. The number of pyridine rings is 1. The maximum Gasteiger partial charge on any atom is 0.0666 e. The summed E-state index contributed by atoms with van der Waals surface area (Å²) in [4.78, 5) is 4.41. The summed E-state index contributed by atoms with van der Waals surface area (Å²) in [5, 5.41) is 0. The lowest BCUT2D eigenvalue weighted by Gasteiger charge is -2.02. The molecule has 0 saturated heterocycles. The Morgan fingerprint density at radius 3 is 2.82 bits per heavy atom. The summed E-state index contributed by atoms with van der Waals surface area (Å²) in [6.45, 7) is 2.01. The molecule has 0 radical (unpaired) electrons. The summed E-state index contributed by atoms with van der Waals surface area (Å²) in [5.41, 5.74) is 8.81. The Hall–Kier alpha value is -1.05. The molecule has 2 N–H and O–H groups in total. The second-order valence-electron chi connectivity index (χ2n) is 3.20. The zero-order valence-electron chi connectivity index (χ0n) is 6.67. The lowest BCUT2D eigenvalue weighted by Crippen LogP contribution is -1.96. The largest absolute Gasteiger partial charge is 0.397 e. The van der Waals surface area contributed by atoms with Gasteiger partial charge in [0, 0.05) is 11.6 Å². The van der Waals surface area contributed by atoms with Crippen LogP contribution >= 0.6 is 0 Å². The zero-order chi connectivity index (χ0) is 7.84. The van der Waals surface area contributed by atoms with E-state index in [1.165, 1.54) is 12.8 Å². The first-order valence-corrected chi connectivity index (χ1v) is 4.00. The van der Waals surface area contributed by atoms with Crippen LogP contribution in [0.4, 0.5) is 5.69 Å². The molecule has 0 aliphatic heterocycles. The third kappa shape index (κ3) is 1.20. The molecule has 1 fully saturated rings. The van der Waals surface area contributed by atoms with E-state index in [0.29, 0.717) is 5.92 Å². The fourth-order valence-corrected chi connectivity index (χ4v) is 1.27. The van der Waals surface area contributed by atoms with Crippen LogP contribution in [0.5, 0.6) is 0 Å². The summed E-state index contributed by atoms with van der Waals surface area (Å²) in [7, 11) is 0. The van der Waals surface area contributed by atoms with Crippen molar-refractivity contribution in [3.63, 3.8) is 0 Å². The first kappa shape index (κ1) is 6.65. The van der Waals surface area contributed by atoms with Crippen molar-refractivity contribution in [1.82, 2.24) is 4.98 Å². The van der Waals surface area contributed by atoms with E-state index in [1.54, 1.807) is 0 Å². The Balaban J connectivity index is 2.42. The van der Waals surface area contributed by atoms with Gasteiger partial charge in [-0.15, -0.1) is 0 Å². The molecule has 2 rings (SSSR count). The van der Waals surface area contributed by atoms with Crippen molar-refractivity contribution in [1.29, 1.82) is 0 Å². The van der Waals surface area contributed by atoms with Crippen LogP contribution in [0.3, 0.4) is 0 Å². The molecule has 0 aromatic carbocycles. The van der Waals surface area contributed by atoms with Gasteiger partial charge >= 0.3 is 0 Å². The summed E-state index contributed by atoms with van der Waals surface area (Å²) in [6.07, 6.45) is 2.53. The van der Waals surface area contributed by atoms with Crippen LogP contribution in [-0.2, 0) is 0 Å². The first-order valence-electron chi connectivity index (χ1n) is 4.00. The number of aromatic nitrogens is 1. The second kappa shape index (κ2) is 2.22. The van der Waals surface area contributed by atoms with Gasteiger partial charge < -0.3 is 5.73 Å². The first-order chi connectivity index (χ1) is 5.27. The van der Waals surface area contributed by atoms with E-state index in [1.807, 2.05) is 19.1 Å². The normalized spacial score (nSPS) is 16.8. The number of nitrogens with two attached hydrogens (primary N) is 1. The predicted octanol–water partition coefficient (Wildman–Crippen LogP) is 1.85. The maximum atomic E-state index is 5.77. The van der Waals surface area contributed by atoms with Gasteiger partial charge in [-0.25, -0.2) is 0 Å². The SMILES string of the molecule is Cc1ccc(N)c(C2CC2)n1. The highest BCUT2D eigenvalue weighted by atomic mass is 14.8. The fraction of sp³-hybridized carbons (Fsp3) is 0.444. The highest BCUT2D eigenvalue weighted by Crippen LogP contribution is 2.41. The van der Waals surface area contributed by atoms with Crippen molar-refractivity contribution < 1.29 is 0 Å². The number of hydrogen-bond acceptors (Lipinski definition) is 2. The van der Waals surface area contributed by atoms with E-state index in [2.05, 4.69) is 4.98 Å². The standard InChI is InChI=1S/C9H12N2/c1-6-2-5-8(10)9(11-6)7-3-4-7/h2,5,7H,3-4,10H2,1H3. The van der Waals surface area contributed by atoms with Crippen molar-refractivity contribution in [3.05, 3.63) is 23.5 Å². The number of nitrogen functional groups attached to an aromatic ring is 1. The lowest BCUT2D eigenvalue weighted by atomic mass is 10.2. The van der Waals surface area contributed by atoms with Gasteiger partial charge in [0.25, 0.3) is 0 Å². The summed E-state index contributed by atoms with van der Waals surface area (Å²) in [6, 6.07) is 3.91. The van der Waals surface area contributed by atoms with Crippen LogP contribution in [0.15, 0.2) is 12.1 Å². The van der Waals surface area contributed by atoms with Crippen LogP contribution in [0.25, 0.3) is 0 Å². The van der Waals surface area contributed by atoms with E-state index in [9.17, 15) is 0 Å². The van der Waals surface area contributed by atoms with Gasteiger partial charge in [-0.2, -0.15) is 0 Å². The van der Waals surface area contributed by atoms with Gasteiger partial charge in [0.2, 0.25) is 0 Å². The van der Waals surface area contributed by atoms with E-state index >= 15 is 0 Å². The average Bonchev–Trinajstić information content (AvgIpc) is 2.76. The predicted molar refractivity (Wildman–Crippen MR) is 45.4 cm³/mol. The molecule has 11 heavy (non-hydrogen) atoms. The molecule has 1 aliphatic rings. The summed E-state index contributed by atoms with van der Waals surface area (Å²) in [5.74, 6) is 0.662. The third-order valence-corrected chi connectivity index (χ3v) is 2.06. The number of anilines is 1. The highest BCUT2D eigenvalue weighted by Gasteiger charge is 2.26. The lowest BCUT2D eigenvalue weighted by molar-refractivity contribution is 1.00. The Bertz CT molecular complexity index is 277. The van der Waals surface area contributed by atoms with Crippen molar-refractivity contribution >= 4 is 5.69 Å². The van der Waals surface area contributed by atoms with Crippen LogP contribution in [-0.4, -0.2) is 4.98 Å². The number of nitrogens with zero attached hydrogens (tertiary/aromatic N) is 1. The minimum absolute atomic E-state index is 0.662. The van der Waals surface area contributed by atoms with Gasteiger partial charge in [-0.3, -0.25) is 4.98 Å². The van der Waals surface area contributed by atoms with Gasteiger partial charge in [-0.05, 0) is 31.9 Å². The molecule has 0 spiro atoms. The van der Waals surface area contributed by atoms with Crippen LogP contribution in [0.2, 0.25) is 0 Å². The fourth-order valence-electron chi connectivity index (χ4n) is 1.27. The van der Waals surface area contributed by atoms with Crippen molar-refractivity contribution in [2.75, 3.05) is 5.73 Å². The molecule has 0 atom stereocenters. The van der Waals surface area contributed by atoms with Crippen LogP contribution in [0, 0.1) is 6.92 Å². The quantitative estimate of drug-likeness (QED) is 0.660. The molecule has 2 heteroatoms. The summed E-state index contributed by atoms with van der Waals surface area (Å²) >= 11 is 0. The molecule has 0 bridgehead atoms. The monoisotopic (exact) mass is 148 g/mol. The molecule has 1 aromatic rings. The number of rotatable bonds is 1. The van der Waals surface area contributed by atoms with E-state index in [0.717, 1.165) is 17.1 Å². The molecule has 1 aliphatic carbocycles. The molecule has 2 nitrogen and oxygen atoms in total. The topological polar surface area (TPSA) is 38.9 Å². The Labute approximate surface area is 66.4 Å². The molecular weight excluding hydrogens is 136 g/mol. The zero-order valence-corrected chi connectivity index (χ0v) is 6.67. The molecule has 1 saturated carbocycles. The third-order valence-electron chi connectivity index (χ3n) is 2.06. The molecule has 0 unspecified atom stereocenters. The van der Waals surface area contributed by atoms with Gasteiger partial charge in [0.15, 0.2) is 0 Å². The maximum absolute atomic E-state index is 5.77. The second-order valence-corrected chi connectivity index (χ2v) is 3.20. The molecule has 58 valence electrons. The minimum Gasteiger partial charge on any atom is -0.397 e. The van der Waals surface area contributed by atoms with Gasteiger partial charge in [0.05, 0.1) is 11.4 Å². The molecule has 1 aromatic heterocycles. The van der Waals surface area contributed by atoms with Crippen molar-refractivity contribution in [2.45, 2.75) is 25.7 Å². The van der Waals surface area contributed by atoms with E-state index < -0.39 is 0 Å². The minimum atomic E-state index is 0.662. The molecule has 0 amide bonds. The number of aryl methyl sites for hydroxylation is 1. The van der Waals surface area contributed by atoms with Gasteiger partial charge in [-0.1, -0.05) is 0 Å². The van der Waals surface area contributed by atoms with Gasteiger partial charge in [0.1, 0.15) is 0 Å². The number of hydrogen-bond donors (Lipinski definition) is 1. The average molecular weight is 148 g/mol. The Morgan fingerprint density at radius 2 is 2.18 bits per heavy atom. The van der Waals surface area contributed by atoms with E-state index in [4.69, 9.17) is 5.73 Å². The summed E-state index contributed by atoms with van der Waals surface area (Å²) < 4.78 is 0.